The van der Waals surface area contributed by atoms with E-state index in [2.05, 4.69) is 11.9 Å². The maximum absolute atomic E-state index is 12.0. The molecule has 0 unspecified atom stereocenters. The molecule has 0 radical (unpaired) electrons. The van der Waals surface area contributed by atoms with Gasteiger partial charge in [0, 0.05) is 19.6 Å². The first kappa shape index (κ1) is 19.0. The highest BCUT2D eigenvalue weighted by molar-refractivity contribution is 5.68. The highest BCUT2D eigenvalue weighted by Gasteiger charge is 2.26. The standard InChI is InChI=1S/C17H32N2O3/c1-14(2)13-21-11-8-18-12-15-6-9-19(10-7-15)16(20)22-17(3,4)5/h15,18H,1,6-13H2,2-5H3. The van der Waals surface area contributed by atoms with Crippen LogP contribution in [0.15, 0.2) is 12.2 Å². The zero-order chi connectivity index (χ0) is 16.6. The van der Waals surface area contributed by atoms with Crippen molar-refractivity contribution in [2.45, 2.75) is 46.1 Å². The van der Waals surface area contributed by atoms with E-state index in [-0.39, 0.29) is 6.09 Å². The summed E-state index contributed by atoms with van der Waals surface area (Å²) in [5, 5.41) is 3.42. The Bertz CT molecular complexity index is 355. The van der Waals surface area contributed by atoms with Crippen molar-refractivity contribution >= 4 is 6.09 Å². The summed E-state index contributed by atoms with van der Waals surface area (Å²) >= 11 is 0. The molecular weight excluding hydrogens is 280 g/mol. The summed E-state index contributed by atoms with van der Waals surface area (Å²) in [6, 6.07) is 0. The van der Waals surface area contributed by atoms with Crippen molar-refractivity contribution in [2.75, 3.05) is 39.4 Å². The van der Waals surface area contributed by atoms with Gasteiger partial charge < -0.3 is 19.7 Å². The van der Waals surface area contributed by atoms with Gasteiger partial charge in [-0.1, -0.05) is 12.2 Å². The zero-order valence-electron chi connectivity index (χ0n) is 14.6. The summed E-state index contributed by atoms with van der Waals surface area (Å²) < 4.78 is 10.9. The van der Waals surface area contributed by atoms with Gasteiger partial charge in [-0.05, 0) is 53.0 Å². The van der Waals surface area contributed by atoms with Crippen LogP contribution in [0.5, 0.6) is 0 Å². The van der Waals surface area contributed by atoms with Gasteiger partial charge >= 0.3 is 6.09 Å². The zero-order valence-corrected chi connectivity index (χ0v) is 14.6. The van der Waals surface area contributed by atoms with Crippen LogP contribution in [0.1, 0.15) is 40.5 Å². The molecule has 1 saturated heterocycles. The van der Waals surface area contributed by atoms with E-state index >= 15 is 0 Å². The SMILES string of the molecule is C=C(C)COCCNCC1CCN(C(=O)OC(C)(C)C)CC1. The van der Waals surface area contributed by atoms with Crippen LogP contribution in [-0.2, 0) is 9.47 Å². The van der Waals surface area contributed by atoms with Gasteiger partial charge in [-0.2, -0.15) is 0 Å². The molecule has 0 aliphatic carbocycles. The molecule has 0 aromatic carbocycles. The van der Waals surface area contributed by atoms with Crippen LogP contribution in [0.2, 0.25) is 0 Å². The molecule has 1 amide bonds. The number of likely N-dealkylation sites (tertiary alicyclic amines) is 1. The average molecular weight is 312 g/mol. The fourth-order valence-corrected chi connectivity index (χ4v) is 2.34. The first-order valence-corrected chi connectivity index (χ1v) is 8.18. The third-order valence-electron chi connectivity index (χ3n) is 3.47. The lowest BCUT2D eigenvalue weighted by atomic mass is 9.97. The number of amides is 1. The van der Waals surface area contributed by atoms with Crippen molar-refractivity contribution < 1.29 is 14.3 Å². The summed E-state index contributed by atoms with van der Waals surface area (Å²) in [6.45, 7) is 16.2. The number of hydrogen-bond donors (Lipinski definition) is 1. The van der Waals surface area contributed by atoms with Crippen LogP contribution in [0.3, 0.4) is 0 Å². The first-order chi connectivity index (χ1) is 10.3. The molecule has 1 fully saturated rings. The fraction of sp³-hybridized carbons (Fsp3) is 0.824. The molecular formula is C17H32N2O3. The van der Waals surface area contributed by atoms with Crippen LogP contribution in [0, 0.1) is 5.92 Å². The molecule has 0 aromatic heterocycles. The van der Waals surface area contributed by atoms with E-state index in [1.54, 1.807) is 0 Å². The number of nitrogens with zero attached hydrogens (tertiary/aromatic N) is 1. The molecule has 1 heterocycles. The van der Waals surface area contributed by atoms with Gasteiger partial charge in [-0.15, -0.1) is 0 Å². The molecule has 0 aromatic rings. The summed E-state index contributed by atoms with van der Waals surface area (Å²) in [5.74, 6) is 0.625. The molecule has 0 spiro atoms. The van der Waals surface area contributed by atoms with E-state index in [1.165, 1.54) is 0 Å². The number of ether oxygens (including phenoxy) is 2. The quantitative estimate of drug-likeness (QED) is 0.580. The van der Waals surface area contributed by atoms with Crippen LogP contribution in [0.25, 0.3) is 0 Å². The normalized spacial score (nSPS) is 16.6. The molecule has 1 rings (SSSR count). The number of carbonyl (C=O) groups excluding carboxylic acids is 1. The van der Waals surface area contributed by atoms with Gasteiger partial charge in [-0.3, -0.25) is 0 Å². The smallest absolute Gasteiger partial charge is 0.410 e. The highest BCUT2D eigenvalue weighted by atomic mass is 16.6. The van der Waals surface area contributed by atoms with Crippen molar-refractivity contribution in [2.24, 2.45) is 5.92 Å². The lowest BCUT2D eigenvalue weighted by Crippen LogP contribution is -2.43. The second-order valence-electron chi connectivity index (χ2n) is 7.12. The van der Waals surface area contributed by atoms with Crippen LogP contribution in [0.4, 0.5) is 4.79 Å². The van der Waals surface area contributed by atoms with E-state index in [0.29, 0.717) is 19.1 Å². The number of nitrogens with one attached hydrogen (secondary N) is 1. The average Bonchev–Trinajstić information content (AvgIpc) is 2.41. The molecule has 22 heavy (non-hydrogen) atoms. The first-order valence-electron chi connectivity index (χ1n) is 8.18. The van der Waals surface area contributed by atoms with E-state index in [0.717, 1.165) is 44.6 Å². The molecule has 0 bridgehead atoms. The van der Waals surface area contributed by atoms with Crippen molar-refractivity contribution in [1.82, 2.24) is 10.2 Å². The Kier molecular flexibility index (Phi) is 7.90. The molecule has 5 heteroatoms. The monoisotopic (exact) mass is 312 g/mol. The predicted molar refractivity (Wildman–Crippen MR) is 89.0 cm³/mol. The van der Waals surface area contributed by atoms with Gasteiger partial charge in [0.2, 0.25) is 0 Å². The molecule has 5 nitrogen and oxygen atoms in total. The van der Waals surface area contributed by atoms with Crippen LogP contribution >= 0.6 is 0 Å². The van der Waals surface area contributed by atoms with Gasteiger partial charge in [0.15, 0.2) is 0 Å². The topological polar surface area (TPSA) is 50.8 Å². The summed E-state index contributed by atoms with van der Waals surface area (Å²) in [6.07, 6.45) is 1.87. The van der Waals surface area contributed by atoms with E-state index in [9.17, 15) is 4.79 Å². The van der Waals surface area contributed by atoms with Crippen LogP contribution in [-0.4, -0.2) is 56.0 Å². The van der Waals surface area contributed by atoms with E-state index < -0.39 is 5.60 Å². The minimum Gasteiger partial charge on any atom is -0.444 e. The molecule has 1 aliphatic rings. The summed E-state index contributed by atoms with van der Waals surface area (Å²) in [4.78, 5) is 13.8. The van der Waals surface area contributed by atoms with Gasteiger partial charge in [0.1, 0.15) is 5.60 Å². The minimum atomic E-state index is -0.417. The summed E-state index contributed by atoms with van der Waals surface area (Å²) in [7, 11) is 0. The number of rotatable bonds is 7. The summed E-state index contributed by atoms with van der Waals surface area (Å²) in [5.41, 5.74) is 0.633. The minimum absolute atomic E-state index is 0.188. The van der Waals surface area contributed by atoms with Crippen molar-refractivity contribution in [3.63, 3.8) is 0 Å². The number of carbonyl (C=O) groups is 1. The highest BCUT2D eigenvalue weighted by Crippen LogP contribution is 2.19. The van der Waals surface area contributed by atoms with E-state index in [1.807, 2.05) is 32.6 Å². The molecule has 128 valence electrons. The van der Waals surface area contributed by atoms with Gasteiger partial charge in [0.25, 0.3) is 0 Å². The van der Waals surface area contributed by atoms with Crippen LogP contribution < -0.4 is 5.32 Å². The largest absolute Gasteiger partial charge is 0.444 e. The molecule has 0 saturated carbocycles. The molecule has 1 aliphatic heterocycles. The Labute approximate surface area is 135 Å². The fourth-order valence-electron chi connectivity index (χ4n) is 2.34. The Morgan fingerprint density at radius 3 is 2.50 bits per heavy atom. The maximum Gasteiger partial charge on any atom is 0.410 e. The Morgan fingerprint density at radius 2 is 1.95 bits per heavy atom. The second-order valence-corrected chi connectivity index (χ2v) is 7.12. The predicted octanol–water partition coefficient (Wildman–Crippen LogP) is 2.82. The lowest BCUT2D eigenvalue weighted by Gasteiger charge is -2.33. The lowest BCUT2D eigenvalue weighted by molar-refractivity contribution is 0.0183. The van der Waals surface area contributed by atoms with Crippen molar-refractivity contribution in [3.8, 4) is 0 Å². The van der Waals surface area contributed by atoms with Crippen molar-refractivity contribution in [1.29, 1.82) is 0 Å². The van der Waals surface area contributed by atoms with Gasteiger partial charge in [0.05, 0.1) is 13.2 Å². The molecule has 1 N–H and O–H groups in total. The Hall–Kier alpha value is -1.07. The van der Waals surface area contributed by atoms with E-state index in [4.69, 9.17) is 9.47 Å². The number of hydrogen-bond acceptors (Lipinski definition) is 4. The molecule has 0 atom stereocenters. The number of piperidine rings is 1. The third-order valence-corrected chi connectivity index (χ3v) is 3.47. The Balaban J connectivity index is 2.10. The second kappa shape index (κ2) is 9.16. The van der Waals surface area contributed by atoms with Gasteiger partial charge in [-0.25, -0.2) is 4.79 Å². The third kappa shape index (κ3) is 8.39. The maximum atomic E-state index is 12.0. The van der Waals surface area contributed by atoms with Crippen molar-refractivity contribution in [3.05, 3.63) is 12.2 Å². The Morgan fingerprint density at radius 1 is 1.32 bits per heavy atom.